The summed E-state index contributed by atoms with van der Waals surface area (Å²) < 4.78 is 50.5. The molecule has 5 rings (SSSR count). The normalized spacial score (nSPS) is 15.0. The summed E-state index contributed by atoms with van der Waals surface area (Å²) in [5.41, 5.74) is 9.15. The number of carbonyl (C=O) groups excluding carboxylic acids is 2. The van der Waals surface area contributed by atoms with E-state index in [9.17, 15) is 26.4 Å². The van der Waals surface area contributed by atoms with Crippen LogP contribution in [0.1, 0.15) is 26.3 Å². The molecule has 2 amide bonds. The number of likely N-dealkylation sites (N-methyl/N-ethyl adjacent to an activating group) is 1. The second-order valence-electron chi connectivity index (χ2n) is 10.4. The van der Waals surface area contributed by atoms with Gasteiger partial charge in [-0.2, -0.15) is 3.71 Å². The third-order valence-corrected chi connectivity index (χ3v) is 10.7. The lowest BCUT2D eigenvalue weighted by Crippen LogP contribution is -2.47. The minimum atomic E-state index is -4.17. The SMILES string of the molecule is Cc1c(-c2ccc(C(N)=O)c3[nH]c4cc(C(=O)N5CCN(C)CC5)ccc4c23)cccc1N(S(C)(=O)=O)S(C)(=O)=O. The molecule has 0 unspecified atom stereocenters. The van der Waals surface area contributed by atoms with Crippen molar-refractivity contribution in [1.29, 1.82) is 0 Å². The zero-order valence-corrected chi connectivity index (χ0v) is 24.8. The van der Waals surface area contributed by atoms with Crippen molar-refractivity contribution in [2.24, 2.45) is 5.73 Å². The highest BCUT2D eigenvalue weighted by atomic mass is 32.3. The third-order valence-electron chi connectivity index (χ3n) is 7.45. The van der Waals surface area contributed by atoms with Crippen LogP contribution >= 0.6 is 0 Å². The van der Waals surface area contributed by atoms with Crippen molar-refractivity contribution in [2.75, 3.05) is 49.4 Å². The van der Waals surface area contributed by atoms with E-state index in [1.54, 1.807) is 43.3 Å². The van der Waals surface area contributed by atoms with Crippen LogP contribution < -0.4 is 9.44 Å². The lowest BCUT2D eigenvalue weighted by atomic mass is 9.93. The van der Waals surface area contributed by atoms with Crippen molar-refractivity contribution < 1.29 is 26.4 Å². The Balaban J connectivity index is 1.72. The number of nitrogens with one attached hydrogen (secondary N) is 1. The fraction of sp³-hybridized carbons (Fsp3) is 0.286. The van der Waals surface area contributed by atoms with Gasteiger partial charge in [0.05, 0.1) is 29.3 Å². The molecule has 11 nitrogen and oxygen atoms in total. The Bertz CT molecular complexity index is 1910. The fourth-order valence-corrected chi connectivity index (χ4v) is 8.56. The summed E-state index contributed by atoms with van der Waals surface area (Å²) in [7, 11) is -6.32. The van der Waals surface area contributed by atoms with Crippen LogP contribution in [-0.2, 0) is 20.0 Å². The van der Waals surface area contributed by atoms with Gasteiger partial charge < -0.3 is 20.5 Å². The molecule has 0 atom stereocenters. The van der Waals surface area contributed by atoms with Gasteiger partial charge in [0.2, 0.25) is 20.0 Å². The van der Waals surface area contributed by atoms with E-state index in [0.29, 0.717) is 55.5 Å². The van der Waals surface area contributed by atoms with Gasteiger partial charge in [-0.25, -0.2) is 16.8 Å². The number of primary amides is 1. The summed E-state index contributed by atoms with van der Waals surface area (Å²) in [5, 5.41) is 1.36. The van der Waals surface area contributed by atoms with Crippen molar-refractivity contribution in [3.8, 4) is 11.1 Å². The summed E-state index contributed by atoms with van der Waals surface area (Å²) in [6, 6.07) is 13.4. The minimum Gasteiger partial charge on any atom is -0.366 e. The number of benzene rings is 3. The van der Waals surface area contributed by atoms with E-state index in [-0.39, 0.29) is 17.2 Å². The first-order valence-corrected chi connectivity index (χ1v) is 16.5. The number of anilines is 1. The molecule has 1 aliphatic heterocycles. The van der Waals surface area contributed by atoms with Gasteiger partial charge in [0.15, 0.2) is 0 Å². The predicted molar refractivity (Wildman–Crippen MR) is 160 cm³/mol. The van der Waals surface area contributed by atoms with Crippen molar-refractivity contribution in [3.63, 3.8) is 0 Å². The summed E-state index contributed by atoms with van der Waals surface area (Å²) in [6.45, 7) is 4.48. The first-order valence-electron chi connectivity index (χ1n) is 12.8. The quantitative estimate of drug-likeness (QED) is 0.346. The van der Waals surface area contributed by atoms with E-state index in [0.717, 1.165) is 31.0 Å². The number of nitrogens with zero attached hydrogens (tertiary/aromatic N) is 3. The average molecular weight is 598 g/mol. The van der Waals surface area contributed by atoms with E-state index in [4.69, 9.17) is 5.73 Å². The molecule has 1 fully saturated rings. The molecule has 2 heterocycles. The molecule has 41 heavy (non-hydrogen) atoms. The van der Waals surface area contributed by atoms with E-state index in [1.807, 2.05) is 18.0 Å². The number of amides is 2. The van der Waals surface area contributed by atoms with Gasteiger partial charge in [0, 0.05) is 48.0 Å². The van der Waals surface area contributed by atoms with Crippen LogP contribution in [0.5, 0.6) is 0 Å². The third kappa shape index (κ3) is 5.16. The number of nitrogens with two attached hydrogens (primary N) is 1. The molecule has 4 aromatic rings. The highest BCUT2D eigenvalue weighted by molar-refractivity contribution is 8.09. The zero-order chi connectivity index (χ0) is 29.9. The predicted octanol–water partition coefficient (Wildman–Crippen LogP) is 2.51. The van der Waals surface area contributed by atoms with Gasteiger partial charge in [0.1, 0.15) is 0 Å². The molecule has 1 aromatic heterocycles. The topological polar surface area (TPSA) is 154 Å². The molecule has 0 radical (unpaired) electrons. The van der Waals surface area contributed by atoms with Crippen LogP contribution in [0.15, 0.2) is 48.5 Å². The number of piperazine rings is 1. The summed E-state index contributed by atoms with van der Waals surface area (Å²) >= 11 is 0. The van der Waals surface area contributed by atoms with Crippen LogP contribution in [0, 0.1) is 6.92 Å². The number of fused-ring (bicyclic) bond motifs is 3. The monoisotopic (exact) mass is 597 g/mol. The first-order chi connectivity index (χ1) is 19.2. The van der Waals surface area contributed by atoms with Crippen LogP contribution in [0.25, 0.3) is 32.9 Å². The number of rotatable bonds is 6. The Morgan fingerprint density at radius 1 is 0.902 bits per heavy atom. The number of aromatic amines is 1. The maximum absolute atomic E-state index is 13.3. The maximum atomic E-state index is 13.3. The van der Waals surface area contributed by atoms with Crippen molar-refractivity contribution >= 4 is 59.4 Å². The molecule has 0 bridgehead atoms. The van der Waals surface area contributed by atoms with E-state index in [2.05, 4.69) is 9.88 Å². The number of aromatic nitrogens is 1. The van der Waals surface area contributed by atoms with Crippen LogP contribution in [0.2, 0.25) is 0 Å². The van der Waals surface area contributed by atoms with Gasteiger partial charge in [-0.15, -0.1) is 0 Å². The number of H-pyrrole nitrogens is 1. The minimum absolute atomic E-state index is 0.000437. The van der Waals surface area contributed by atoms with Gasteiger partial charge in [-0.05, 0) is 54.9 Å². The Morgan fingerprint density at radius 2 is 1.56 bits per heavy atom. The van der Waals surface area contributed by atoms with Crippen LogP contribution in [-0.4, -0.2) is 89.2 Å². The Hall–Kier alpha value is -3.94. The molecule has 1 saturated heterocycles. The Morgan fingerprint density at radius 3 is 2.17 bits per heavy atom. The van der Waals surface area contributed by atoms with Gasteiger partial charge in [-0.1, -0.05) is 24.3 Å². The van der Waals surface area contributed by atoms with E-state index < -0.39 is 26.0 Å². The highest BCUT2D eigenvalue weighted by Gasteiger charge is 2.30. The van der Waals surface area contributed by atoms with Crippen LogP contribution in [0.3, 0.4) is 0 Å². The number of hydrogen-bond acceptors (Lipinski definition) is 7. The number of carbonyl (C=O) groups is 2. The molecule has 216 valence electrons. The second-order valence-corrected chi connectivity index (χ2v) is 14.3. The largest absolute Gasteiger partial charge is 0.366 e. The Kier molecular flexibility index (Phi) is 7.08. The highest BCUT2D eigenvalue weighted by Crippen LogP contribution is 2.40. The van der Waals surface area contributed by atoms with Crippen molar-refractivity contribution in [1.82, 2.24) is 14.8 Å². The number of sulfonamides is 2. The summed E-state index contributed by atoms with van der Waals surface area (Å²) in [4.78, 5) is 32.9. The number of hydrogen-bond donors (Lipinski definition) is 2. The lowest BCUT2D eigenvalue weighted by molar-refractivity contribution is 0.0664. The molecule has 0 spiro atoms. The molecular weight excluding hydrogens is 566 g/mol. The van der Waals surface area contributed by atoms with E-state index >= 15 is 0 Å². The second kappa shape index (κ2) is 10.2. The summed E-state index contributed by atoms with van der Waals surface area (Å²) in [6.07, 6.45) is 1.67. The van der Waals surface area contributed by atoms with Gasteiger partial charge in [0.25, 0.3) is 11.8 Å². The molecule has 1 aliphatic rings. The maximum Gasteiger partial charge on any atom is 0.254 e. The molecular formula is C28H31N5O6S2. The lowest BCUT2D eigenvalue weighted by Gasteiger charge is -2.32. The van der Waals surface area contributed by atoms with Crippen molar-refractivity contribution in [2.45, 2.75) is 6.92 Å². The molecule has 0 aliphatic carbocycles. The first kappa shape index (κ1) is 28.6. The fourth-order valence-electron chi connectivity index (χ4n) is 5.48. The van der Waals surface area contributed by atoms with Gasteiger partial charge in [-0.3, -0.25) is 9.59 Å². The standard InChI is InChI=1S/C28H31N5O6S2/c1-17-19(6-5-7-24(17)33(40(3,36)37)41(4,38)39)20-10-11-22(27(29)34)26-25(20)21-9-8-18(16-23(21)30-26)28(35)32-14-12-31(2)13-15-32/h5-11,16,30H,12-15H2,1-4H3,(H2,29,34). The van der Waals surface area contributed by atoms with Crippen LogP contribution in [0.4, 0.5) is 5.69 Å². The summed E-state index contributed by atoms with van der Waals surface area (Å²) in [5.74, 6) is -0.730. The zero-order valence-electron chi connectivity index (χ0n) is 23.1. The van der Waals surface area contributed by atoms with Crippen molar-refractivity contribution in [3.05, 3.63) is 65.2 Å². The molecule has 3 aromatic carbocycles. The Labute approximate surface area is 238 Å². The van der Waals surface area contributed by atoms with E-state index in [1.165, 1.54) is 6.07 Å². The molecule has 13 heteroatoms. The average Bonchev–Trinajstić information content (AvgIpc) is 3.26. The smallest absolute Gasteiger partial charge is 0.254 e. The van der Waals surface area contributed by atoms with Gasteiger partial charge >= 0.3 is 0 Å². The molecule has 0 saturated carbocycles. The molecule has 3 N–H and O–H groups in total.